The van der Waals surface area contributed by atoms with Crippen LogP contribution in [-0.4, -0.2) is 56.3 Å². The van der Waals surface area contributed by atoms with Crippen LogP contribution in [-0.2, 0) is 6.42 Å². The highest BCUT2D eigenvalue weighted by atomic mass is 16.3. The highest BCUT2D eigenvalue weighted by molar-refractivity contribution is 5.96. The molecule has 1 saturated heterocycles. The Balaban J connectivity index is 1.73. The summed E-state index contributed by atoms with van der Waals surface area (Å²) < 4.78 is 0. The van der Waals surface area contributed by atoms with Gasteiger partial charge < -0.3 is 26.5 Å². The number of allylic oxidation sites excluding steroid dienone is 2. The van der Waals surface area contributed by atoms with E-state index >= 15 is 0 Å². The van der Waals surface area contributed by atoms with E-state index in [2.05, 4.69) is 22.2 Å². The Hall–Kier alpha value is -2.75. The number of hydrogen-bond donors (Lipinski definition) is 5. The summed E-state index contributed by atoms with van der Waals surface area (Å²) in [6.45, 7) is 7.97. The van der Waals surface area contributed by atoms with Crippen LogP contribution in [0.3, 0.4) is 0 Å². The summed E-state index contributed by atoms with van der Waals surface area (Å²) in [5, 5.41) is 18.8. The molecule has 2 atom stereocenters. The normalized spacial score (nSPS) is 22.3. The lowest BCUT2D eigenvalue weighted by molar-refractivity contribution is 0.124. The van der Waals surface area contributed by atoms with Crippen LogP contribution >= 0.6 is 0 Å². The maximum atomic E-state index is 10.1. The molecule has 4 rings (SSSR count). The summed E-state index contributed by atoms with van der Waals surface area (Å²) >= 11 is 0. The molecule has 0 amide bonds. The maximum absolute atomic E-state index is 10.1. The van der Waals surface area contributed by atoms with Gasteiger partial charge in [0.2, 0.25) is 0 Å². The van der Waals surface area contributed by atoms with Crippen molar-refractivity contribution in [1.82, 2.24) is 25.3 Å². The van der Waals surface area contributed by atoms with Crippen LogP contribution in [0.1, 0.15) is 56.7 Å². The van der Waals surface area contributed by atoms with Crippen molar-refractivity contribution in [1.29, 1.82) is 0 Å². The molecule has 2 aromatic heterocycles. The van der Waals surface area contributed by atoms with E-state index in [4.69, 9.17) is 21.5 Å². The number of nitrogens with one attached hydrogen (secondary N) is 2. The Morgan fingerprint density at radius 2 is 2.06 bits per heavy atom. The predicted molar refractivity (Wildman–Crippen MR) is 133 cm³/mol. The number of nitrogens with two attached hydrogens (primary N) is 2. The lowest BCUT2D eigenvalue weighted by Crippen LogP contribution is -2.44. The predicted octanol–water partition coefficient (Wildman–Crippen LogP) is 2.34. The van der Waals surface area contributed by atoms with Gasteiger partial charge in [-0.15, -0.1) is 0 Å². The van der Waals surface area contributed by atoms with Gasteiger partial charge in [-0.3, -0.25) is 0 Å². The molecule has 2 fully saturated rings. The van der Waals surface area contributed by atoms with Gasteiger partial charge in [0, 0.05) is 35.6 Å². The van der Waals surface area contributed by atoms with Gasteiger partial charge in [0.25, 0.3) is 0 Å². The van der Waals surface area contributed by atoms with Crippen molar-refractivity contribution in [2.75, 3.05) is 24.1 Å². The summed E-state index contributed by atoms with van der Waals surface area (Å²) in [7, 11) is 0. The molecule has 1 saturated carbocycles. The van der Waals surface area contributed by atoms with Gasteiger partial charge in [-0.05, 0) is 58.0 Å². The Morgan fingerprint density at radius 3 is 2.76 bits per heavy atom. The number of aryl methyl sites for hydroxylation is 1. The second-order valence-electron chi connectivity index (χ2n) is 9.01. The molecule has 2 unspecified atom stereocenters. The lowest BCUT2D eigenvalue weighted by atomic mass is 9.93. The molecule has 0 radical (unpaired) electrons. The van der Waals surface area contributed by atoms with Crippen LogP contribution in [0.25, 0.3) is 16.6 Å². The van der Waals surface area contributed by atoms with E-state index in [0.717, 1.165) is 67.8 Å². The first-order valence-electron chi connectivity index (χ1n) is 12.0. The summed E-state index contributed by atoms with van der Waals surface area (Å²) in [5.74, 6) is 7.50. The van der Waals surface area contributed by atoms with Crippen molar-refractivity contribution in [3.8, 4) is 0 Å². The van der Waals surface area contributed by atoms with E-state index in [-0.39, 0.29) is 18.2 Å². The Bertz CT molecular complexity index is 1020. The van der Waals surface area contributed by atoms with Crippen molar-refractivity contribution >= 4 is 28.2 Å². The van der Waals surface area contributed by atoms with Crippen molar-refractivity contribution in [2.24, 2.45) is 5.84 Å². The highest BCUT2D eigenvalue weighted by Crippen LogP contribution is 2.30. The molecule has 0 spiro atoms. The second-order valence-corrected chi connectivity index (χ2v) is 9.01. The molecule has 1 aliphatic heterocycles. The Kier molecular flexibility index (Phi) is 7.42. The number of piperidine rings is 1. The van der Waals surface area contributed by atoms with E-state index in [1.807, 2.05) is 13.1 Å². The summed E-state index contributed by atoms with van der Waals surface area (Å²) in [6, 6.07) is 0.434. The third-order valence-electron chi connectivity index (χ3n) is 6.67. The molecule has 1 aliphatic carbocycles. The monoisotopic (exact) mass is 452 g/mol. The second kappa shape index (κ2) is 10.5. The first-order valence-corrected chi connectivity index (χ1v) is 12.0. The topological polar surface area (TPSA) is 138 Å². The number of aliphatic hydroxyl groups excluding tert-OH is 1. The molecular weight excluding hydrogens is 416 g/mol. The number of nitrogen functional groups attached to an aromatic ring is 1. The fourth-order valence-electron chi connectivity index (χ4n) is 4.76. The fraction of sp³-hybridized carbons (Fsp3) is 0.542. The van der Waals surface area contributed by atoms with Crippen LogP contribution in [0.2, 0.25) is 0 Å². The van der Waals surface area contributed by atoms with Crippen LogP contribution in [0.4, 0.5) is 11.6 Å². The van der Waals surface area contributed by atoms with Crippen molar-refractivity contribution in [3.05, 3.63) is 36.3 Å². The fourth-order valence-corrected chi connectivity index (χ4v) is 4.76. The van der Waals surface area contributed by atoms with Crippen molar-refractivity contribution in [2.45, 2.75) is 70.1 Å². The van der Waals surface area contributed by atoms with Gasteiger partial charge >= 0.3 is 0 Å². The molecule has 0 aromatic carbocycles. The number of nitrogens with zero attached hydrogens (tertiary/aromatic N) is 4. The Morgan fingerprint density at radius 1 is 1.27 bits per heavy atom. The average Bonchev–Trinajstić information content (AvgIpc) is 2.83. The number of fused-ring (bicyclic) bond motifs is 1. The molecule has 9 heteroatoms. The van der Waals surface area contributed by atoms with E-state index < -0.39 is 0 Å². The zero-order valence-electron chi connectivity index (χ0n) is 19.4. The van der Waals surface area contributed by atoms with Crippen molar-refractivity contribution in [3.63, 3.8) is 0 Å². The third-order valence-corrected chi connectivity index (χ3v) is 6.67. The highest BCUT2D eigenvalue weighted by Gasteiger charge is 2.23. The number of pyridine rings is 1. The van der Waals surface area contributed by atoms with Crippen LogP contribution in [0.15, 0.2) is 25.1 Å². The van der Waals surface area contributed by atoms with E-state index in [9.17, 15) is 5.11 Å². The molecule has 0 bridgehead atoms. The van der Waals surface area contributed by atoms with Gasteiger partial charge in [0.1, 0.15) is 16.9 Å². The molecule has 7 N–H and O–H groups in total. The first kappa shape index (κ1) is 23.4. The molecule has 3 heterocycles. The summed E-state index contributed by atoms with van der Waals surface area (Å²) in [6.07, 6.45) is 11.4. The van der Waals surface area contributed by atoms with E-state index in [1.54, 1.807) is 17.3 Å². The van der Waals surface area contributed by atoms with Gasteiger partial charge in [0.05, 0.1) is 11.8 Å². The molecular formula is C24H36N8O. The van der Waals surface area contributed by atoms with E-state index in [1.165, 1.54) is 0 Å². The van der Waals surface area contributed by atoms with Crippen LogP contribution < -0.4 is 22.2 Å². The number of hydrogen-bond acceptors (Lipinski definition) is 9. The third kappa shape index (κ3) is 5.26. The SMILES string of the molecule is C=C/C(=C\N(N)C1CCNCC1)c1cnc(N)c2nc(CC)c(NC3CCCC(O)C3)nc12. The molecule has 2 aromatic rings. The van der Waals surface area contributed by atoms with Crippen molar-refractivity contribution < 1.29 is 5.11 Å². The zero-order chi connectivity index (χ0) is 23.4. The number of hydrazine groups is 1. The minimum Gasteiger partial charge on any atom is -0.393 e. The molecule has 2 aliphatic rings. The number of aromatic nitrogens is 3. The minimum atomic E-state index is -0.272. The zero-order valence-corrected chi connectivity index (χ0v) is 19.4. The minimum absolute atomic E-state index is 0.169. The maximum Gasteiger partial charge on any atom is 0.151 e. The largest absolute Gasteiger partial charge is 0.393 e. The summed E-state index contributed by atoms with van der Waals surface area (Å²) in [5.41, 5.74) is 9.91. The summed E-state index contributed by atoms with van der Waals surface area (Å²) in [4.78, 5) is 14.2. The Labute approximate surface area is 195 Å². The average molecular weight is 453 g/mol. The molecule has 9 nitrogen and oxygen atoms in total. The lowest BCUT2D eigenvalue weighted by Gasteiger charge is -2.30. The van der Waals surface area contributed by atoms with Gasteiger partial charge in [-0.1, -0.05) is 19.6 Å². The number of rotatable bonds is 7. The van der Waals surface area contributed by atoms with Gasteiger partial charge in [0.15, 0.2) is 5.82 Å². The standard InChI is InChI=1S/C24H36N8O/c1-3-15(14-32(26)17-8-10-27-11-9-17)19-13-28-23(25)22-21(19)31-24(20(4-2)30-22)29-16-6-5-7-18(33)12-16/h3,13-14,16-18,27,33H,1,4-12,26H2,2H3,(H2,25,28)(H,29,31)/b15-14+. The van der Waals surface area contributed by atoms with Gasteiger partial charge in [-0.2, -0.15) is 0 Å². The van der Waals surface area contributed by atoms with Gasteiger partial charge in [-0.25, -0.2) is 20.8 Å². The molecule has 33 heavy (non-hydrogen) atoms. The first-order chi connectivity index (χ1) is 16.0. The smallest absolute Gasteiger partial charge is 0.151 e. The quantitative estimate of drug-likeness (QED) is 0.243. The number of anilines is 2. The van der Waals surface area contributed by atoms with E-state index in [0.29, 0.717) is 29.7 Å². The molecule has 178 valence electrons. The number of aliphatic hydroxyl groups is 1. The van der Waals surface area contributed by atoms with Crippen LogP contribution in [0, 0.1) is 0 Å². The van der Waals surface area contributed by atoms with Crippen LogP contribution in [0.5, 0.6) is 0 Å².